The number of benzene rings is 1. The summed E-state index contributed by atoms with van der Waals surface area (Å²) in [6.07, 6.45) is 4.05. The van der Waals surface area contributed by atoms with E-state index in [0.29, 0.717) is 25.1 Å². The highest BCUT2D eigenvalue weighted by molar-refractivity contribution is 5.86. The molecule has 0 spiro atoms. The number of carbonyl (C=O) groups excluding carboxylic acids is 1. The third kappa shape index (κ3) is 2.41. The number of amides is 1. The van der Waals surface area contributed by atoms with Crippen LogP contribution in [0.5, 0.6) is 11.5 Å². The average molecular weight is 331 g/mol. The lowest BCUT2D eigenvalue weighted by Crippen LogP contribution is -2.43. The summed E-state index contributed by atoms with van der Waals surface area (Å²) in [4.78, 5) is 26.2. The van der Waals surface area contributed by atoms with Gasteiger partial charge in [0.25, 0.3) is 0 Å². The number of likely N-dealkylation sites (tertiary alicyclic amines) is 1. The molecule has 0 bridgehead atoms. The number of hydrogen-bond donors (Lipinski definition) is 1. The zero-order valence-electron chi connectivity index (χ0n) is 13.5. The first kappa shape index (κ1) is 15.3. The predicted octanol–water partition coefficient (Wildman–Crippen LogP) is 2.72. The number of aliphatic carboxylic acids is 1. The van der Waals surface area contributed by atoms with Crippen molar-refractivity contribution in [2.24, 2.45) is 5.41 Å². The summed E-state index contributed by atoms with van der Waals surface area (Å²) in [6, 6.07) is 5.79. The fraction of sp³-hybridized carbons (Fsp3) is 0.556. The van der Waals surface area contributed by atoms with Crippen LogP contribution in [0.2, 0.25) is 0 Å². The van der Waals surface area contributed by atoms with Crippen LogP contribution in [0.3, 0.4) is 0 Å². The van der Waals surface area contributed by atoms with Crippen molar-refractivity contribution < 1.29 is 24.2 Å². The first-order valence-corrected chi connectivity index (χ1v) is 8.51. The Labute approximate surface area is 140 Å². The molecule has 3 aliphatic rings. The summed E-state index contributed by atoms with van der Waals surface area (Å²) in [6.45, 7) is 0.918. The van der Waals surface area contributed by atoms with Gasteiger partial charge in [0.05, 0.1) is 11.5 Å². The second kappa shape index (κ2) is 5.69. The van der Waals surface area contributed by atoms with Crippen LogP contribution >= 0.6 is 0 Å². The molecular formula is C18H21NO5. The van der Waals surface area contributed by atoms with Gasteiger partial charge >= 0.3 is 5.97 Å². The Balaban J connectivity index is 1.52. The fourth-order valence-corrected chi connectivity index (χ4v) is 3.99. The molecule has 6 heteroatoms. The Hall–Kier alpha value is -2.24. The van der Waals surface area contributed by atoms with Crippen molar-refractivity contribution in [3.63, 3.8) is 0 Å². The van der Waals surface area contributed by atoms with Crippen molar-refractivity contribution in [3.05, 3.63) is 23.8 Å². The standard InChI is InChI=1S/C18H21NO5/c20-16(10-18(17(21)22)6-2-7-18)19-8-1-3-13(19)12-4-5-14-15(9-12)24-11-23-14/h4-5,9,13H,1-3,6-8,10-11H2,(H,21,22). The van der Waals surface area contributed by atoms with Crippen molar-refractivity contribution in [1.29, 1.82) is 0 Å². The lowest BCUT2D eigenvalue weighted by molar-refractivity contribution is -0.159. The fourth-order valence-electron chi connectivity index (χ4n) is 3.99. The molecule has 1 unspecified atom stereocenters. The molecule has 1 N–H and O–H groups in total. The highest BCUT2D eigenvalue weighted by Crippen LogP contribution is 2.46. The first-order chi connectivity index (χ1) is 11.6. The minimum Gasteiger partial charge on any atom is -0.481 e. The van der Waals surface area contributed by atoms with Gasteiger partial charge in [0.2, 0.25) is 12.7 Å². The average Bonchev–Trinajstić information content (AvgIpc) is 3.17. The van der Waals surface area contributed by atoms with Crippen LogP contribution < -0.4 is 9.47 Å². The monoisotopic (exact) mass is 331 g/mol. The van der Waals surface area contributed by atoms with E-state index in [9.17, 15) is 14.7 Å². The van der Waals surface area contributed by atoms with Gasteiger partial charge < -0.3 is 19.5 Å². The van der Waals surface area contributed by atoms with Gasteiger partial charge in [0.15, 0.2) is 11.5 Å². The minimum absolute atomic E-state index is 0.00192. The van der Waals surface area contributed by atoms with Gasteiger partial charge in [-0.3, -0.25) is 9.59 Å². The van der Waals surface area contributed by atoms with Crippen molar-refractivity contribution in [2.75, 3.05) is 13.3 Å². The lowest BCUT2D eigenvalue weighted by atomic mass is 9.66. The Bertz CT molecular complexity index is 682. The van der Waals surface area contributed by atoms with Crippen LogP contribution in [-0.4, -0.2) is 35.2 Å². The van der Waals surface area contributed by atoms with Crippen LogP contribution in [0.25, 0.3) is 0 Å². The molecule has 6 nitrogen and oxygen atoms in total. The van der Waals surface area contributed by atoms with Gasteiger partial charge in [0.1, 0.15) is 0 Å². The molecule has 1 saturated carbocycles. The maximum Gasteiger partial charge on any atom is 0.310 e. The smallest absolute Gasteiger partial charge is 0.310 e. The van der Waals surface area contributed by atoms with E-state index in [1.165, 1.54) is 0 Å². The number of carbonyl (C=O) groups is 2. The van der Waals surface area contributed by atoms with E-state index in [4.69, 9.17) is 9.47 Å². The number of rotatable bonds is 4. The largest absolute Gasteiger partial charge is 0.481 e. The van der Waals surface area contributed by atoms with Gasteiger partial charge in [0, 0.05) is 13.0 Å². The van der Waals surface area contributed by atoms with Crippen LogP contribution in [0.1, 0.15) is 50.1 Å². The number of carboxylic acids is 1. The van der Waals surface area contributed by atoms with Crippen molar-refractivity contribution in [2.45, 2.75) is 44.6 Å². The van der Waals surface area contributed by atoms with Gasteiger partial charge in [-0.25, -0.2) is 0 Å². The molecule has 1 aromatic carbocycles. The molecule has 0 radical (unpaired) electrons. The van der Waals surface area contributed by atoms with Crippen molar-refractivity contribution in [1.82, 2.24) is 4.90 Å². The molecule has 4 rings (SSSR count). The van der Waals surface area contributed by atoms with E-state index in [0.717, 1.165) is 30.6 Å². The SMILES string of the molecule is O=C(CC1(C(=O)O)CCC1)N1CCCC1c1ccc2c(c1)OCO2. The van der Waals surface area contributed by atoms with Gasteiger partial charge in [-0.1, -0.05) is 12.5 Å². The number of carboxylic acid groups (broad SMARTS) is 1. The molecule has 128 valence electrons. The molecule has 1 aromatic rings. The number of ether oxygens (including phenoxy) is 2. The van der Waals surface area contributed by atoms with Crippen molar-refractivity contribution in [3.8, 4) is 11.5 Å². The Morgan fingerprint density at radius 2 is 2.00 bits per heavy atom. The summed E-state index contributed by atoms with van der Waals surface area (Å²) in [7, 11) is 0. The molecule has 0 aromatic heterocycles. The number of nitrogens with zero attached hydrogens (tertiary/aromatic N) is 1. The van der Waals surface area contributed by atoms with E-state index in [1.54, 1.807) is 0 Å². The molecule has 1 aliphatic carbocycles. The van der Waals surface area contributed by atoms with Crippen LogP contribution in [0.15, 0.2) is 18.2 Å². The van der Waals surface area contributed by atoms with Crippen LogP contribution in [0.4, 0.5) is 0 Å². The number of fused-ring (bicyclic) bond motifs is 1. The summed E-state index contributed by atoms with van der Waals surface area (Å²) in [5.74, 6) is 0.569. The molecule has 1 amide bonds. The molecule has 2 aliphatic heterocycles. The van der Waals surface area contributed by atoms with E-state index in [-0.39, 0.29) is 25.2 Å². The summed E-state index contributed by atoms with van der Waals surface area (Å²) in [5.41, 5.74) is 0.196. The normalized spacial score (nSPS) is 23.8. The number of hydrogen-bond acceptors (Lipinski definition) is 4. The van der Waals surface area contributed by atoms with Crippen LogP contribution in [0, 0.1) is 5.41 Å². The molecule has 2 fully saturated rings. The predicted molar refractivity (Wildman–Crippen MR) is 84.8 cm³/mol. The molecule has 1 atom stereocenters. The van der Waals surface area contributed by atoms with E-state index < -0.39 is 11.4 Å². The second-order valence-corrected chi connectivity index (χ2v) is 6.97. The zero-order chi connectivity index (χ0) is 16.7. The van der Waals surface area contributed by atoms with Gasteiger partial charge in [-0.05, 0) is 43.4 Å². The Morgan fingerprint density at radius 3 is 2.71 bits per heavy atom. The summed E-state index contributed by atoms with van der Waals surface area (Å²) < 4.78 is 10.8. The van der Waals surface area contributed by atoms with Crippen LogP contribution in [-0.2, 0) is 9.59 Å². The third-order valence-corrected chi connectivity index (χ3v) is 5.61. The lowest BCUT2D eigenvalue weighted by Gasteiger charge is -2.38. The topological polar surface area (TPSA) is 76.1 Å². The molecule has 1 saturated heterocycles. The third-order valence-electron chi connectivity index (χ3n) is 5.61. The second-order valence-electron chi connectivity index (χ2n) is 6.97. The summed E-state index contributed by atoms with van der Waals surface area (Å²) >= 11 is 0. The van der Waals surface area contributed by atoms with E-state index >= 15 is 0 Å². The van der Waals surface area contributed by atoms with E-state index in [2.05, 4.69) is 0 Å². The van der Waals surface area contributed by atoms with Crippen molar-refractivity contribution >= 4 is 11.9 Å². The maximum absolute atomic E-state index is 12.8. The van der Waals surface area contributed by atoms with E-state index in [1.807, 2.05) is 23.1 Å². The maximum atomic E-state index is 12.8. The minimum atomic E-state index is -0.834. The van der Waals surface area contributed by atoms with Gasteiger partial charge in [-0.2, -0.15) is 0 Å². The Morgan fingerprint density at radius 1 is 1.21 bits per heavy atom. The molecule has 24 heavy (non-hydrogen) atoms. The zero-order valence-corrected chi connectivity index (χ0v) is 13.5. The highest BCUT2D eigenvalue weighted by atomic mass is 16.7. The first-order valence-electron chi connectivity index (χ1n) is 8.51. The Kier molecular flexibility index (Phi) is 3.62. The molecular weight excluding hydrogens is 310 g/mol. The summed E-state index contributed by atoms with van der Waals surface area (Å²) in [5, 5.41) is 9.46. The quantitative estimate of drug-likeness (QED) is 0.918. The van der Waals surface area contributed by atoms with Gasteiger partial charge in [-0.15, -0.1) is 0 Å². The highest BCUT2D eigenvalue weighted by Gasteiger charge is 2.47. The molecule has 2 heterocycles.